The Labute approximate surface area is 111 Å². The van der Waals surface area contributed by atoms with Crippen LogP contribution in [-0.4, -0.2) is 16.1 Å². The lowest BCUT2D eigenvalue weighted by Gasteiger charge is -1.89. The molecule has 0 amide bonds. The molecule has 0 spiro atoms. The summed E-state index contributed by atoms with van der Waals surface area (Å²) in [6.45, 7) is 2.04. The summed E-state index contributed by atoms with van der Waals surface area (Å²) in [7, 11) is 0. The van der Waals surface area contributed by atoms with Crippen molar-refractivity contribution in [1.29, 1.82) is 0 Å². The van der Waals surface area contributed by atoms with E-state index in [9.17, 15) is 0 Å². The third-order valence-electron chi connectivity index (χ3n) is 2.06. The zero-order valence-corrected chi connectivity index (χ0v) is 11.8. The molecule has 0 fully saturated rings. The predicted molar refractivity (Wildman–Crippen MR) is 69.1 cm³/mol. The van der Waals surface area contributed by atoms with Gasteiger partial charge in [0.25, 0.3) is 5.89 Å². The fourth-order valence-electron chi connectivity index (χ4n) is 1.24. The van der Waals surface area contributed by atoms with Crippen molar-refractivity contribution in [3.05, 3.63) is 21.3 Å². The molecule has 0 N–H and O–H groups in total. The van der Waals surface area contributed by atoms with Crippen LogP contribution in [0.5, 0.6) is 0 Å². The summed E-state index contributed by atoms with van der Waals surface area (Å²) in [6, 6.07) is 2.04. The van der Waals surface area contributed by atoms with E-state index in [-0.39, 0.29) is 0 Å². The van der Waals surface area contributed by atoms with E-state index >= 15 is 0 Å². The summed E-state index contributed by atoms with van der Waals surface area (Å²) in [6.07, 6.45) is 1.60. The van der Waals surface area contributed by atoms with E-state index < -0.39 is 0 Å². The molecule has 6 heteroatoms. The number of aromatic nitrogens is 2. The standard InChI is InChI=1S/C10H10BrClN2OS/c1-6-5-7(16-9(6)11)10-14-13-8(15-10)3-2-4-12/h5H,2-4H2,1H3. The lowest BCUT2D eigenvalue weighted by Crippen LogP contribution is -1.85. The van der Waals surface area contributed by atoms with Gasteiger partial charge in [0, 0.05) is 12.3 Å². The largest absolute Gasteiger partial charge is 0.420 e. The van der Waals surface area contributed by atoms with Gasteiger partial charge >= 0.3 is 0 Å². The summed E-state index contributed by atoms with van der Waals surface area (Å²) >= 11 is 10.7. The second kappa shape index (κ2) is 5.29. The minimum absolute atomic E-state index is 0.586. The number of hydrogen-bond donors (Lipinski definition) is 0. The van der Waals surface area contributed by atoms with Crippen molar-refractivity contribution >= 4 is 38.9 Å². The molecular weight excluding hydrogens is 312 g/mol. The first-order valence-corrected chi connectivity index (χ1v) is 6.99. The molecular formula is C10H10BrClN2OS. The van der Waals surface area contributed by atoms with Gasteiger partial charge in [-0.3, -0.25) is 0 Å². The van der Waals surface area contributed by atoms with Gasteiger partial charge in [0.05, 0.1) is 8.66 Å². The molecule has 2 heterocycles. The molecule has 0 saturated carbocycles. The van der Waals surface area contributed by atoms with Gasteiger partial charge in [-0.2, -0.15) is 0 Å². The number of alkyl halides is 1. The summed E-state index contributed by atoms with van der Waals surface area (Å²) in [4.78, 5) is 0.994. The Hall–Kier alpha value is -0.390. The third-order valence-corrected chi connectivity index (χ3v) is 4.45. The molecule has 3 nitrogen and oxygen atoms in total. The van der Waals surface area contributed by atoms with Crippen LogP contribution in [0.2, 0.25) is 0 Å². The highest BCUT2D eigenvalue weighted by Crippen LogP contribution is 2.33. The predicted octanol–water partition coefficient (Wildman–Crippen LogP) is 4.04. The van der Waals surface area contributed by atoms with Gasteiger partial charge in [-0.15, -0.1) is 33.1 Å². The van der Waals surface area contributed by atoms with Gasteiger partial charge in [-0.1, -0.05) is 0 Å². The van der Waals surface area contributed by atoms with Crippen LogP contribution in [-0.2, 0) is 6.42 Å². The molecule has 0 saturated heterocycles. The average Bonchev–Trinajstić information content (AvgIpc) is 2.84. The number of hydrogen-bond acceptors (Lipinski definition) is 4. The van der Waals surface area contributed by atoms with Gasteiger partial charge in [-0.25, -0.2) is 0 Å². The van der Waals surface area contributed by atoms with Crippen LogP contribution in [0.1, 0.15) is 17.9 Å². The maximum absolute atomic E-state index is 5.61. The van der Waals surface area contributed by atoms with E-state index in [1.54, 1.807) is 11.3 Å². The van der Waals surface area contributed by atoms with Crippen LogP contribution >= 0.6 is 38.9 Å². The molecule has 0 aliphatic heterocycles. The Morgan fingerprint density at radius 2 is 2.31 bits per heavy atom. The molecule has 2 rings (SSSR count). The Bertz CT molecular complexity index is 463. The molecule has 0 bridgehead atoms. The van der Waals surface area contributed by atoms with Crippen molar-refractivity contribution in [2.24, 2.45) is 0 Å². The van der Waals surface area contributed by atoms with Gasteiger partial charge in [0.1, 0.15) is 0 Å². The Kier molecular flexibility index (Phi) is 4.00. The van der Waals surface area contributed by atoms with Gasteiger partial charge < -0.3 is 4.42 Å². The van der Waals surface area contributed by atoms with Crippen molar-refractivity contribution in [2.75, 3.05) is 5.88 Å². The number of nitrogens with zero attached hydrogens (tertiary/aromatic N) is 2. The van der Waals surface area contributed by atoms with Crippen molar-refractivity contribution in [1.82, 2.24) is 10.2 Å². The molecule has 0 atom stereocenters. The van der Waals surface area contributed by atoms with Crippen LogP contribution in [0.4, 0.5) is 0 Å². The van der Waals surface area contributed by atoms with E-state index in [0.29, 0.717) is 17.7 Å². The van der Waals surface area contributed by atoms with Crippen molar-refractivity contribution in [3.63, 3.8) is 0 Å². The molecule has 16 heavy (non-hydrogen) atoms. The van der Waals surface area contributed by atoms with E-state index in [0.717, 1.165) is 21.5 Å². The minimum atomic E-state index is 0.586. The van der Waals surface area contributed by atoms with Crippen LogP contribution in [0.15, 0.2) is 14.3 Å². The maximum atomic E-state index is 5.61. The van der Waals surface area contributed by atoms with Crippen LogP contribution in [0.25, 0.3) is 10.8 Å². The first kappa shape index (κ1) is 12.1. The monoisotopic (exact) mass is 320 g/mol. The lowest BCUT2D eigenvalue weighted by atomic mass is 10.3. The quantitative estimate of drug-likeness (QED) is 0.798. The topological polar surface area (TPSA) is 38.9 Å². The summed E-state index contributed by atoms with van der Waals surface area (Å²) in [5.74, 6) is 1.85. The SMILES string of the molecule is Cc1cc(-c2nnc(CCCCl)o2)sc1Br. The van der Waals surface area contributed by atoms with Gasteiger partial charge in [0.2, 0.25) is 5.89 Å². The second-order valence-electron chi connectivity index (χ2n) is 3.36. The number of aryl methyl sites for hydroxylation is 2. The molecule has 86 valence electrons. The van der Waals surface area contributed by atoms with Crippen LogP contribution in [0, 0.1) is 6.92 Å². The Morgan fingerprint density at radius 3 is 2.94 bits per heavy atom. The highest BCUT2D eigenvalue weighted by atomic mass is 79.9. The Balaban J connectivity index is 2.18. The smallest absolute Gasteiger partial charge is 0.257 e. The van der Waals surface area contributed by atoms with Gasteiger partial charge in [-0.05, 0) is 40.9 Å². The fourth-order valence-corrected chi connectivity index (χ4v) is 2.83. The Morgan fingerprint density at radius 1 is 1.50 bits per heavy atom. The molecule has 2 aromatic rings. The molecule has 0 aliphatic carbocycles. The molecule has 0 radical (unpaired) electrons. The molecule has 2 aromatic heterocycles. The highest BCUT2D eigenvalue weighted by molar-refractivity contribution is 9.11. The number of thiophene rings is 1. The maximum Gasteiger partial charge on any atom is 0.257 e. The van der Waals surface area contributed by atoms with E-state index in [1.807, 2.05) is 13.0 Å². The first-order chi connectivity index (χ1) is 7.70. The first-order valence-electron chi connectivity index (χ1n) is 4.85. The summed E-state index contributed by atoms with van der Waals surface area (Å²) in [5, 5.41) is 8.01. The molecule has 0 unspecified atom stereocenters. The lowest BCUT2D eigenvalue weighted by molar-refractivity contribution is 0.503. The van der Waals surface area contributed by atoms with Crippen LogP contribution < -0.4 is 0 Å². The minimum Gasteiger partial charge on any atom is -0.420 e. The summed E-state index contributed by atoms with van der Waals surface area (Å²) in [5.41, 5.74) is 1.18. The summed E-state index contributed by atoms with van der Waals surface area (Å²) < 4.78 is 6.65. The number of rotatable bonds is 4. The second-order valence-corrected chi connectivity index (χ2v) is 6.11. The van der Waals surface area contributed by atoms with Crippen molar-refractivity contribution < 1.29 is 4.42 Å². The van der Waals surface area contributed by atoms with E-state index in [1.165, 1.54) is 5.56 Å². The van der Waals surface area contributed by atoms with Gasteiger partial charge in [0.15, 0.2) is 0 Å². The third kappa shape index (κ3) is 2.64. The zero-order chi connectivity index (χ0) is 11.5. The van der Waals surface area contributed by atoms with Crippen LogP contribution in [0.3, 0.4) is 0 Å². The van der Waals surface area contributed by atoms with E-state index in [2.05, 4.69) is 26.1 Å². The zero-order valence-electron chi connectivity index (χ0n) is 8.67. The van der Waals surface area contributed by atoms with Crippen molar-refractivity contribution in [2.45, 2.75) is 19.8 Å². The number of halogens is 2. The van der Waals surface area contributed by atoms with Crippen molar-refractivity contribution in [3.8, 4) is 10.8 Å². The molecule has 0 aromatic carbocycles. The highest BCUT2D eigenvalue weighted by Gasteiger charge is 2.12. The average molecular weight is 322 g/mol. The fraction of sp³-hybridized carbons (Fsp3) is 0.400. The van der Waals surface area contributed by atoms with E-state index in [4.69, 9.17) is 16.0 Å². The molecule has 0 aliphatic rings. The normalized spacial score (nSPS) is 10.9.